The average Bonchev–Trinajstić information content (AvgIpc) is 1.80. The molecule has 0 aromatic rings. The molecule has 0 radical (unpaired) electrons. The highest BCUT2D eigenvalue weighted by Gasteiger charge is 2.04. The molecule has 0 aliphatic heterocycles. The van der Waals surface area contributed by atoms with E-state index in [-0.39, 0.29) is 18.5 Å². The van der Waals surface area contributed by atoms with Crippen molar-refractivity contribution < 1.29 is 27.4 Å². The Balaban J connectivity index is -0.0000000533. The topological polar surface area (TPSA) is 256 Å². The predicted octanol–water partition coefficient (Wildman–Crippen LogP) is -1.10. The molecule has 17 heavy (non-hydrogen) atoms. The molecule has 110 valence electrons. The minimum Gasteiger partial charge on any atom is -0.759 e. The van der Waals surface area contributed by atoms with Gasteiger partial charge in [0.05, 0.1) is 5.97 Å². The third kappa shape index (κ3) is 51.2. The Bertz CT molecular complexity index is 260. The van der Waals surface area contributed by atoms with Crippen LogP contribution in [-0.2, 0) is 15.2 Å². The van der Waals surface area contributed by atoms with E-state index in [1.807, 2.05) is 13.8 Å². The largest absolute Gasteiger partial charge is 0.759 e. The molecule has 1 atom stereocenters. The molecule has 0 rings (SSSR count). The van der Waals surface area contributed by atoms with Crippen molar-refractivity contribution in [1.29, 1.82) is 0 Å². The maximum atomic E-state index is 10.00. The summed E-state index contributed by atoms with van der Waals surface area (Å²) in [6.07, 6.45) is 0.488. The van der Waals surface area contributed by atoms with Crippen molar-refractivity contribution in [3.05, 3.63) is 0 Å². The molecule has 0 spiro atoms. The van der Waals surface area contributed by atoms with Crippen molar-refractivity contribution in [3.63, 3.8) is 0 Å². The zero-order valence-electron chi connectivity index (χ0n) is 10.8. The van der Waals surface area contributed by atoms with Crippen LogP contribution in [0.15, 0.2) is 0 Å². The number of carbonyl (C=O) groups is 1. The van der Waals surface area contributed by atoms with Crippen molar-refractivity contribution in [2.24, 2.45) is 11.7 Å². The molecular weight excluding hydrogens is 256 g/mol. The molecule has 0 heterocycles. The van der Waals surface area contributed by atoms with Gasteiger partial charge in [-0.25, -0.2) is 0 Å². The number of carbonyl (C=O) groups excluding carboxylic acids is 1. The standard InChI is InChI=1S/C6H13NO2.3H3N.H2O4S/c1-4(2)3-5(7)6(8)9;;;;1-5(2,3)4/h4-5H,3,7H2,1-2H3,(H,8,9);3*1H3;(H2,1,2,3,4)/t5-;;;;/m0..../s1. The predicted molar refractivity (Wildman–Crippen MR) is 60.9 cm³/mol. The molecule has 0 aromatic carbocycles. The van der Waals surface area contributed by atoms with E-state index in [0.717, 1.165) is 0 Å². The monoisotopic (exact) mass is 280 g/mol. The third-order valence-corrected chi connectivity index (χ3v) is 1.03. The van der Waals surface area contributed by atoms with Gasteiger partial charge in [-0.15, -0.1) is 0 Å². The van der Waals surface area contributed by atoms with Crippen molar-refractivity contribution in [3.8, 4) is 0 Å². The highest BCUT2D eigenvalue weighted by molar-refractivity contribution is 7.79. The first-order valence-corrected chi connectivity index (χ1v) is 5.00. The quantitative estimate of drug-likeness (QED) is 0.365. The molecule has 0 aliphatic rings. The zero-order chi connectivity index (χ0) is 11.9. The maximum absolute atomic E-state index is 10.00. The van der Waals surface area contributed by atoms with Gasteiger partial charge in [0.1, 0.15) is 0 Å². The lowest BCUT2D eigenvalue weighted by atomic mass is 10.1. The van der Waals surface area contributed by atoms with Crippen LogP contribution in [0.25, 0.3) is 0 Å². The molecule has 10 nitrogen and oxygen atoms in total. The fraction of sp³-hybridized carbons (Fsp3) is 0.833. The van der Waals surface area contributed by atoms with Gasteiger partial charge in [0, 0.05) is 16.4 Å². The van der Waals surface area contributed by atoms with Crippen LogP contribution in [0.2, 0.25) is 0 Å². The van der Waals surface area contributed by atoms with E-state index >= 15 is 0 Å². The Morgan fingerprint density at radius 1 is 1.18 bits per heavy atom. The summed E-state index contributed by atoms with van der Waals surface area (Å²) in [4.78, 5) is 10.00. The van der Waals surface area contributed by atoms with Crippen molar-refractivity contribution in [1.82, 2.24) is 18.5 Å². The highest BCUT2D eigenvalue weighted by Crippen LogP contribution is 2.00. The van der Waals surface area contributed by atoms with E-state index in [2.05, 4.69) is 0 Å². The molecule has 0 bridgehead atoms. The van der Waals surface area contributed by atoms with E-state index < -0.39 is 22.4 Å². The molecule has 0 fully saturated rings. The summed E-state index contributed by atoms with van der Waals surface area (Å²) < 4.78 is 34.1. The van der Waals surface area contributed by atoms with Gasteiger partial charge in [-0.1, -0.05) is 13.8 Å². The van der Waals surface area contributed by atoms with Crippen molar-refractivity contribution >= 4 is 16.4 Å². The fourth-order valence-electron chi connectivity index (χ4n) is 0.604. The number of aliphatic carboxylic acids is 1. The maximum Gasteiger partial charge on any atom is 0.0582 e. The van der Waals surface area contributed by atoms with Crippen LogP contribution >= 0.6 is 0 Å². The van der Waals surface area contributed by atoms with Crippen LogP contribution in [-0.4, -0.2) is 29.5 Å². The van der Waals surface area contributed by atoms with Gasteiger partial charge in [-0.05, 0) is 12.3 Å². The summed E-state index contributed by atoms with van der Waals surface area (Å²) >= 11 is 0. The number of quaternary nitrogens is 3. The summed E-state index contributed by atoms with van der Waals surface area (Å²) in [6.45, 7) is 3.84. The number of rotatable bonds is 3. The van der Waals surface area contributed by atoms with Gasteiger partial charge in [0.15, 0.2) is 0 Å². The van der Waals surface area contributed by atoms with Gasteiger partial charge in [-0.3, -0.25) is 8.42 Å². The number of hydrogen-bond donors (Lipinski definition) is 4. The lowest BCUT2D eigenvalue weighted by molar-refractivity contribution is -0.307. The van der Waals surface area contributed by atoms with Crippen molar-refractivity contribution in [2.75, 3.05) is 0 Å². The molecule has 0 aliphatic carbocycles. The van der Waals surface area contributed by atoms with Gasteiger partial charge in [-0.2, -0.15) is 0 Å². The second-order valence-electron chi connectivity index (χ2n) is 2.96. The third-order valence-electron chi connectivity index (χ3n) is 1.03. The first kappa shape index (κ1) is 29.8. The number of hydrogen-bond acceptors (Lipinski definition) is 7. The van der Waals surface area contributed by atoms with Crippen LogP contribution in [0.4, 0.5) is 0 Å². The molecule has 0 amide bonds. The Kier molecular flexibility index (Phi) is 23.2. The lowest BCUT2D eigenvalue weighted by Gasteiger charge is -2.13. The Morgan fingerprint density at radius 2 is 1.41 bits per heavy atom. The van der Waals surface area contributed by atoms with Gasteiger partial charge in [0.25, 0.3) is 0 Å². The summed E-state index contributed by atoms with van der Waals surface area (Å²) in [5, 5.41) is 10.00. The van der Waals surface area contributed by atoms with E-state index in [9.17, 15) is 9.90 Å². The first-order chi connectivity index (χ1) is 6.04. The number of carboxylic acids is 1. The first-order valence-electron chi connectivity index (χ1n) is 3.67. The van der Waals surface area contributed by atoms with E-state index in [1.165, 1.54) is 0 Å². The van der Waals surface area contributed by atoms with Crippen LogP contribution in [0.1, 0.15) is 20.3 Å². The summed E-state index contributed by atoms with van der Waals surface area (Å²) in [7, 11) is -5.17. The minimum absolute atomic E-state index is 0. The Labute approximate surface area is 101 Å². The second kappa shape index (κ2) is 13.2. The normalized spacial score (nSPS) is 10.7. The smallest absolute Gasteiger partial charge is 0.0582 e. The summed E-state index contributed by atoms with van der Waals surface area (Å²) in [5.74, 6) is -0.846. The van der Waals surface area contributed by atoms with Gasteiger partial charge < -0.3 is 43.2 Å². The minimum atomic E-state index is -5.17. The van der Waals surface area contributed by atoms with E-state index in [0.29, 0.717) is 12.3 Å². The molecule has 0 aromatic heterocycles. The Hall–Kier alpha value is -0.820. The number of nitrogens with two attached hydrogens (primary N) is 1. The van der Waals surface area contributed by atoms with Crippen LogP contribution < -0.4 is 29.3 Å². The second-order valence-corrected chi connectivity index (χ2v) is 3.78. The highest BCUT2D eigenvalue weighted by atomic mass is 32.3. The zero-order valence-corrected chi connectivity index (χ0v) is 11.6. The number of carboxylic acid groups (broad SMARTS) is 1. The molecule has 0 saturated carbocycles. The molecular formula is C6H24N4O6S. The molecule has 11 heteroatoms. The average molecular weight is 280 g/mol. The van der Waals surface area contributed by atoms with E-state index in [4.69, 9.17) is 23.3 Å². The van der Waals surface area contributed by atoms with Crippen LogP contribution in [0.3, 0.4) is 0 Å². The summed E-state index contributed by atoms with van der Waals surface area (Å²) in [5.41, 5.74) is 5.16. The van der Waals surface area contributed by atoms with Crippen LogP contribution in [0, 0.1) is 5.92 Å². The van der Waals surface area contributed by atoms with Gasteiger partial charge >= 0.3 is 0 Å². The van der Waals surface area contributed by atoms with Gasteiger partial charge in [0.2, 0.25) is 0 Å². The Morgan fingerprint density at radius 3 is 1.47 bits per heavy atom. The molecule has 0 saturated heterocycles. The molecule has 0 unspecified atom stereocenters. The SMILES string of the molecule is CC(C)C[C@H](N)C(=O)[O-].O=S(=O)([O-])[O-].[NH4+].[NH4+].[NH4+]. The lowest BCUT2D eigenvalue weighted by Crippen LogP contribution is -2.42. The van der Waals surface area contributed by atoms with Crippen LogP contribution in [0.5, 0.6) is 0 Å². The van der Waals surface area contributed by atoms with Crippen molar-refractivity contribution in [2.45, 2.75) is 26.3 Å². The summed E-state index contributed by atoms with van der Waals surface area (Å²) in [6, 6.07) is -0.801. The molecule has 14 N–H and O–H groups in total. The van der Waals surface area contributed by atoms with E-state index in [1.54, 1.807) is 0 Å². The fourth-order valence-corrected chi connectivity index (χ4v) is 0.604.